The van der Waals surface area contributed by atoms with Gasteiger partial charge in [0.05, 0.1) is 22.1 Å². The third-order valence-electron chi connectivity index (χ3n) is 14.9. The Bertz CT molecular complexity index is 3520. The van der Waals surface area contributed by atoms with Gasteiger partial charge in [-0.25, -0.2) is 9.35 Å². The van der Waals surface area contributed by atoms with Crippen LogP contribution in [-0.2, 0) is 0 Å². The second kappa shape index (κ2) is 14.8. The Kier molecular flexibility index (Phi) is 8.40. The molecule has 0 fully saturated rings. The summed E-state index contributed by atoms with van der Waals surface area (Å²) in [6.07, 6.45) is 0. The van der Waals surface area contributed by atoms with E-state index in [0.717, 1.165) is 0 Å². The zero-order valence-corrected chi connectivity index (χ0v) is 36.3. The van der Waals surface area contributed by atoms with E-state index in [2.05, 4.69) is 252 Å². The first-order valence-electron chi connectivity index (χ1n) is 23.3. The summed E-state index contributed by atoms with van der Waals surface area (Å²) in [6.45, 7) is 0.581. The number of fused-ring (bicyclic) bond motifs is 10. The first kappa shape index (κ1) is 37.4. The SMILES string of the molecule is c1ccc(B2c3ccccc3B(c3ccc4c(c3)c3ccccc3n4-n3c4ccccc4c4cc(B5c6ccccc6B(c6ccccc6)c6ccccc65)ccc43)c3ccccc32)cc1. The minimum absolute atomic E-state index is 0.105. The average molecular weight is 832 g/mol. The third kappa shape index (κ3) is 5.48. The third-order valence-corrected chi connectivity index (χ3v) is 14.9. The molecule has 0 saturated carbocycles. The van der Waals surface area contributed by atoms with E-state index in [1.54, 1.807) is 0 Å². The monoisotopic (exact) mass is 832 g/mol. The number of para-hydroxylation sites is 2. The van der Waals surface area contributed by atoms with Crippen LogP contribution in [0.25, 0.3) is 43.6 Å². The van der Waals surface area contributed by atoms with Crippen molar-refractivity contribution < 1.29 is 0 Å². The molecule has 0 saturated heterocycles. The van der Waals surface area contributed by atoms with E-state index >= 15 is 0 Å². The first-order valence-corrected chi connectivity index (χ1v) is 23.3. The van der Waals surface area contributed by atoms with Gasteiger partial charge in [-0.1, -0.05) is 284 Å². The summed E-state index contributed by atoms with van der Waals surface area (Å²) < 4.78 is 4.95. The smallest absolute Gasteiger partial charge is 0.240 e. The molecule has 0 spiro atoms. The Morgan fingerprint density at radius 3 is 0.788 bits per heavy atom. The van der Waals surface area contributed by atoms with Crippen molar-refractivity contribution in [2.45, 2.75) is 0 Å². The summed E-state index contributed by atoms with van der Waals surface area (Å²) in [6, 6.07) is 91.0. The fourth-order valence-electron chi connectivity index (χ4n) is 12.3. The summed E-state index contributed by atoms with van der Waals surface area (Å²) in [5, 5.41) is 5.02. The maximum Gasteiger partial charge on any atom is 0.240 e. The van der Waals surface area contributed by atoms with Crippen molar-refractivity contribution in [1.29, 1.82) is 0 Å². The lowest BCUT2D eigenvalue weighted by Gasteiger charge is -2.32. The molecule has 6 heteroatoms. The van der Waals surface area contributed by atoms with E-state index in [-0.39, 0.29) is 26.9 Å². The van der Waals surface area contributed by atoms with Gasteiger partial charge in [0, 0.05) is 21.5 Å². The van der Waals surface area contributed by atoms with Crippen LogP contribution in [0.3, 0.4) is 0 Å². The van der Waals surface area contributed by atoms with Crippen LogP contribution in [0, 0.1) is 0 Å². The average Bonchev–Trinajstić information content (AvgIpc) is 3.88. The van der Waals surface area contributed by atoms with Gasteiger partial charge in [0.25, 0.3) is 0 Å². The molecule has 2 aliphatic heterocycles. The lowest BCUT2D eigenvalue weighted by atomic mass is 9.21. The van der Waals surface area contributed by atoms with E-state index in [1.807, 2.05) is 0 Å². The van der Waals surface area contributed by atoms with E-state index in [0.29, 0.717) is 0 Å². The Morgan fingerprint density at radius 1 is 0.197 bits per heavy atom. The first-order chi connectivity index (χ1) is 32.8. The fourth-order valence-corrected chi connectivity index (χ4v) is 12.3. The zero-order chi connectivity index (χ0) is 43.3. The Hall–Kier alpha value is -7.94. The van der Waals surface area contributed by atoms with Crippen LogP contribution in [0.4, 0.5) is 0 Å². The molecule has 10 aromatic carbocycles. The molecule has 0 atom stereocenters. The van der Waals surface area contributed by atoms with Crippen molar-refractivity contribution >= 4 is 136 Å². The highest BCUT2D eigenvalue weighted by Gasteiger charge is 2.40. The minimum Gasteiger partial charge on any atom is -0.248 e. The molecule has 0 amide bonds. The number of benzene rings is 10. The fraction of sp³-hybridized carbons (Fsp3) is 0. The summed E-state index contributed by atoms with van der Waals surface area (Å²) in [4.78, 5) is 0. The Balaban J connectivity index is 0.953. The maximum atomic E-state index is 2.49. The summed E-state index contributed by atoms with van der Waals surface area (Å²) in [5.74, 6) is 0. The molecule has 0 bridgehead atoms. The van der Waals surface area contributed by atoms with Crippen molar-refractivity contribution in [3.8, 4) is 0 Å². The molecule has 66 heavy (non-hydrogen) atoms. The molecule has 0 N–H and O–H groups in total. The Morgan fingerprint density at radius 2 is 0.455 bits per heavy atom. The second-order valence-corrected chi connectivity index (χ2v) is 18.3. The largest absolute Gasteiger partial charge is 0.248 e. The van der Waals surface area contributed by atoms with Crippen LogP contribution in [-0.4, -0.2) is 36.2 Å². The van der Waals surface area contributed by atoms with Crippen molar-refractivity contribution in [2.24, 2.45) is 0 Å². The van der Waals surface area contributed by atoms with Crippen molar-refractivity contribution in [2.75, 3.05) is 0 Å². The van der Waals surface area contributed by atoms with Crippen molar-refractivity contribution in [3.05, 3.63) is 243 Å². The van der Waals surface area contributed by atoms with Gasteiger partial charge < -0.3 is 0 Å². The van der Waals surface area contributed by atoms with Gasteiger partial charge in [-0.3, -0.25) is 0 Å². The Labute approximate surface area is 386 Å². The van der Waals surface area contributed by atoms with Gasteiger partial charge in [0.15, 0.2) is 0 Å². The highest BCUT2D eigenvalue weighted by Crippen LogP contribution is 2.35. The molecule has 2 nitrogen and oxygen atoms in total. The molecule has 2 aromatic heterocycles. The lowest BCUT2D eigenvalue weighted by Crippen LogP contribution is -2.74. The lowest BCUT2D eigenvalue weighted by molar-refractivity contribution is 0.775. The van der Waals surface area contributed by atoms with E-state index in [4.69, 9.17) is 0 Å². The number of aromatic nitrogens is 2. The molecule has 0 aliphatic carbocycles. The van der Waals surface area contributed by atoms with Crippen LogP contribution >= 0.6 is 0 Å². The van der Waals surface area contributed by atoms with Crippen LogP contribution < -0.4 is 65.6 Å². The van der Waals surface area contributed by atoms with Gasteiger partial charge in [0.1, 0.15) is 0 Å². The number of nitrogens with zero attached hydrogens (tertiary/aromatic N) is 2. The molecular weight excluding hydrogens is 792 g/mol. The van der Waals surface area contributed by atoms with E-state index in [9.17, 15) is 0 Å². The van der Waals surface area contributed by atoms with Gasteiger partial charge in [-0.05, 0) is 24.3 Å². The van der Waals surface area contributed by atoms with Crippen molar-refractivity contribution in [3.63, 3.8) is 0 Å². The van der Waals surface area contributed by atoms with E-state index in [1.165, 1.54) is 109 Å². The minimum atomic E-state index is 0.105. The predicted molar refractivity (Wildman–Crippen MR) is 287 cm³/mol. The summed E-state index contributed by atoms with van der Waals surface area (Å²) >= 11 is 0. The predicted octanol–water partition coefficient (Wildman–Crippen LogP) is 4.91. The molecular formula is C60H40B4N2. The molecule has 4 heterocycles. The molecule has 12 aromatic rings. The maximum absolute atomic E-state index is 2.49. The van der Waals surface area contributed by atoms with Crippen LogP contribution in [0.1, 0.15) is 0 Å². The van der Waals surface area contributed by atoms with Gasteiger partial charge in [-0.15, -0.1) is 0 Å². The standard InChI is InChI=1S/C60H40B4N2/c1-3-19-41(20-4-1)61-49-25-9-13-29-53(49)63(54-30-14-10-26-50(54)61)43-35-37-59-47(39-43)45-23-7-17-33-57(45)65(59)66-58-34-18-8-24-46(58)48-40-44(36-38-60(48)66)64-55-31-15-11-27-51(55)62(42-21-5-2-6-22-42)52-28-12-16-32-56(52)64/h1-40H. The second-order valence-electron chi connectivity index (χ2n) is 18.3. The number of hydrogen-bond donors (Lipinski definition) is 0. The molecule has 14 rings (SSSR count). The molecule has 302 valence electrons. The van der Waals surface area contributed by atoms with Gasteiger partial charge in [0.2, 0.25) is 26.9 Å². The quantitative estimate of drug-likeness (QED) is 0.219. The number of hydrogen-bond acceptors (Lipinski definition) is 0. The molecule has 0 radical (unpaired) electrons. The number of rotatable bonds is 5. The highest BCUT2D eigenvalue weighted by molar-refractivity contribution is 7.12. The van der Waals surface area contributed by atoms with Crippen LogP contribution in [0.5, 0.6) is 0 Å². The zero-order valence-electron chi connectivity index (χ0n) is 36.3. The van der Waals surface area contributed by atoms with Crippen LogP contribution in [0.15, 0.2) is 243 Å². The van der Waals surface area contributed by atoms with Crippen LogP contribution in [0.2, 0.25) is 0 Å². The van der Waals surface area contributed by atoms with Gasteiger partial charge >= 0.3 is 0 Å². The topological polar surface area (TPSA) is 9.86 Å². The summed E-state index contributed by atoms with van der Waals surface area (Å²) in [7, 11) is 0. The molecule has 2 aliphatic rings. The van der Waals surface area contributed by atoms with Crippen molar-refractivity contribution in [1.82, 2.24) is 9.35 Å². The molecule has 0 unspecified atom stereocenters. The highest BCUT2D eigenvalue weighted by atomic mass is 15.5. The summed E-state index contributed by atoms with van der Waals surface area (Å²) in [5.41, 5.74) is 21.1. The van der Waals surface area contributed by atoms with E-state index < -0.39 is 0 Å². The van der Waals surface area contributed by atoms with Gasteiger partial charge in [-0.2, -0.15) is 0 Å². The normalized spacial score (nSPS) is 13.0.